The fourth-order valence-corrected chi connectivity index (χ4v) is 1.43. The van der Waals surface area contributed by atoms with Crippen LogP contribution >= 0.6 is 11.3 Å². The van der Waals surface area contributed by atoms with E-state index < -0.39 is 18.0 Å². The molecule has 15 heavy (non-hydrogen) atoms. The van der Waals surface area contributed by atoms with Crippen LogP contribution in [-0.2, 0) is 4.79 Å². The molecule has 0 aromatic carbocycles. The molecule has 80 valence electrons. The second-order valence-electron chi connectivity index (χ2n) is 2.62. The van der Waals surface area contributed by atoms with E-state index in [9.17, 15) is 13.6 Å². The topological polar surface area (TPSA) is 37.3 Å². The lowest BCUT2D eigenvalue weighted by Crippen LogP contribution is -2.06. The number of halogens is 2. The Bertz CT molecular complexity index is 380. The summed E-state index contributed by atoms with van der Waals surface area (Å²) in [6.07, 6.45) is 0.165. The monoisotopic (exact) mass is 230 g/mol. The number of carbonyl (C=O) groups excluding carboxylic acids is 1. The zero-order valence-corrected chi connectivity index (χ0v) is 8.38. The summed E-state index contributed by atoms with van der Waals surface area (Å²) in [4.78, 5) is 11.4. The van der Waals surface area contributed by atoms with Crippen LogP contribution in [0.1, 0.15) is 4.88 Å². The maximum absolute atomic E-state index is 11.8. The Labute approximate surface area is 89.2 Å². The molecule has 0 amide bonds. The average Bonchev–Trinajstić information content (AvgIpc) is 2.66. The third-order valence-corrected chi connectivity index (χ3v) is 2.30. The van der Waals surface area contributed by atoms with E-state index in [-0.39, 0.29) is 0 Å². The van der Waals surface area contributed by atoms with E-state index in [1.54, 1.807) is 6.07 Å². The quantitative estimate of drug-likeness (QED) is 0.490. The minimum atomic E-state index is -3.08. The maximum atomic E-state index is 11.8. The third-order valence-electron chi connectivity index (χ3n) is 1.47. The molecule has 5 heteroatoms. The van der Waals surface area contributed by atoms with Gasteiger partial charge in [-0.3, -0.25) is 4.79 Å². The van der Waals surface area contributed by atoms with Crippen LogP contribution in [0.25, 0.3) is 6.08 Å². The molecule has 1 N–H and O–H groups in total. The average molecular weight is 230 g/mol. The summed E-state index contributed by atoms with van der Waals surface area (Å²) in [6, 6.07) is 3.61. The van der Waals surface area contributed by atoms with Gasteiger partial charge in [-0.1, -0.05) is 6.07 Å². The molecule has 0 saturated carbocycles. The Morgan fingerprint density at radius 1 is 1.53 bits per heavy atom. The Kier molecular flexibility index (Phi) is 4.17. The van der Waals surface area contributed by atoms with Gasteiger partial charge < -0.3 is 5.11 Å². The van der Waals surface area contributed by atoms with Gasteiger partial charge in [-0.05, 0) is 23.6 Å². The normalized spacial score (nSPS) is 12.6. The van der Waals surface area contributed by atoms with Gasteiger partial charge in [-0.25, -0.2) is 8.78 Å². The number of alkyl halides is 2. The van der Waals surface area contributed by atoms with Gasteiger partial charge in [0, 0.05) is 11.0 Å². The standard InChI is InChI=1S/C10H8F2O2S/c11-10(12)9(14)6-7(13)3-4-8-2-1-5-15-8/h1-6,10,13H/b4-3-,7-6?. The highest BCUT2D eigenvalue weighted by atomic mass is 32.1. The van der Waals surface area contributed by atoms with E-state index in [4.69, 9.17) is 5.11 Å². The van der Waals surface area contributed by atoms with Crippen molar-refractivity contribution in [2.24, 2.45) is 0 Å². The van der Waals surface area contributed by atoms with Crippen molar-refractivity contribution in [3.63, 3.8) is 0 Å². The Morgan fingerprint density at radius 3 is 2.80 bits per heavy atom. The molecular weight excluding hydrogens is 222 g/mol. The van der Waals surface area contributed by atoms with Crippen molar-refractivity contribution in [1.29, 1.82) is 0 Å². The second-order valence-corrected chi connectivity index (χ2v) is 3.60. The molecule has 0 aliphatic rings. The zero-order valence-electron chi connectivity index (χ0n) is 7.56. The van der Waals surface area contributed by atoms with Crippen molar-refractivity contribution in [2.45, 2.75) is 6.43 Å². The summed E-state index contributed by atoms with van der Waals surface area (Å²) in [6.45, 7) is 0. The fourth-order valence-electron chi connectivity index (χ4n) is 0.810. The first-order chi connectivity index (χ1) is 7.09. The number of aliphatic hydroxyl groups is 1. The Balaban J connectivity index is 2.63. The van der Waals surface area contributed by atoms with Crippen molar-refractivity contribution >= 4 is 23.2 Å². The van der Waals surface area contributed by atoms with E-state index in [1.807, 2.05) is 11.4 Å². The largest absolute Gasteiger partial charge is 0.508 e. The summed E-state index contributed by atoms with van der Waals surface area (Å²) in [5.74, 6) is -1.88. The van der Waals surface area contributed by atoms with Crippen LogP contribution in [0.4, 0.5) is 8.78 Å². The van der Waals surface area contributed by atoms with Crippen LogP contribution in [0.15, 0.2) is 35.4 Å². The van der Waals surface area contributed by atoms with E-state index in [1.165, 1.54) is 23.5 Å². The molecule has 1 heterocycles. The summed E-state index contributed by atoms with van der Waals surface area (Å²) < 4.78 is 23.6. The van der Waals surface area contributed by atoms with Crippen molar-refractivity contribution in [1.82, 2.24) is 0 Å². The van der Waals surface area contributed by atoms with E-state index in [0.29, 0.717) is 6.08 Å². The minimum Gasteiger partial charge on any atom is -0.508 e. The van der Waals surface area contributed by atoms with Gasteiger partial charge in [-0.2, -0.15) is 0 Å². The predicted molar refractivity (Wildman–Crippen MR) is 55.1 cm³/mol. The molecule has 2 nitrogen and oxygen atoms in total. The molecule has 0 fully saturated rings. The third kappa shape index (κ3) is 4.03. The smallest absolute Gasteiger partial charge is 0.300 e. The predicted octanol–water partition coefficient (Wildman–Crippen LogP) is 3.04. The molecule has 0 spiro atoms. The fraction of sp³-hybridized carbons (Fsp3) is 0.100. The molecule has 1 aromatic heterocycles. The summed E-state index contributed by atoms with van der Waals surface area (Å²) >= 11 is 1.43. The number of allylic oxidation sites excluding steroid dienone is 2. The summed E-state index contributed by atoms with van der Waals surface area (Å²) in [5.41, 5.74) is 0. The lowest BCUT2D eigenvalue weighted by Gasteiger charge is -1.92. The number of hydrogen-bond donors (Lipinski definition) is 1. The van der Waals surface area contributed by atoms with Gasteiger partial charge in [0.1, 0.15) is 5.76 Å². The molecule has 0 aliphatic carbocycles. The number of rotatable bonds is 4. The van der Waals surface area contributed by atoms with Crippen LogP contribution in [0, 0.1) is 0 Å². The molecule has 1 rings (SSSR count). The van der Waals surface area contributed by atoms with Crippen LogP contribution in [0.2, 0.25) is 0 Å². The van der Waals surface area contributed by atoms with Crippen LogP contribution in [0.3, 0.4) is 0 Å². The maximum Gasteiger partial charge on any atom is 0.300 e. The molecular formula is C10H8F2O2S. The van der Waals surface area contributed by atoms with Gasteiger partial charge in [0.05, 0.1) is 0 Å². The molecule has 0 aliphatic heterocycles. The van der Waals surface area contributed by atoms with Crippen LogP contribution < -0.4 is 0 Å². The zero-order chi connectivity index (χ0) is 11.3. The number of thiophene rings is 1. The second kappa shape index (κ2) is 5.41. The summed E-state index contributed by atoms with van der Waals surface area (Å²) in [7, 11) is 0. The lowest BCUT2D eigenvalue weighted by molar-refractivity contribution is -0.124. The lowest BCUT2D eigenvalue weighted by atomic mass is 10.3. The number of ketones is 1. The van der Waals surface area contributed by atoms with E-state index >= 15 is 0 Å². The highest BCUT2D eigenvalue weighted by Crippen LogP contribution is 2.11. The minimum absolute atomic E-state index is 0.478. The first-order valence-electron chi connectivity index (χ1n) is 4.04. The van der Waals surface area contributed by atoms with Crippen molar-refractivity contribution in [3.8, 4) is 0 Å². The Morgan fingerprint density at radius 2 is 2.27 bits per heavy atom. The van der Waals surface area contributed by atoms with Gasteiger partial charge in [0.2, 0.25) is 5.78 Å². The number of carbonyl (C=O) groups is 1. The molecule has 1 aromatic rings. The summed E-state index contributed by atoms with van der Waals surface area (Å²) in [5, 5.41) is 10.9. The van der Waals surface area contributed by atoms with Gasteiger partial charge in [0.15, 0.2) is 0 Å². The van der Waals surface area contributed by atoms with Crippen molar-refractivity contribution in [2.75, 3.05) is 0 Å². The molecule has 0 bridgehead atoms. The molecule has 0 atom stereocenters. The van der Waals surface area contributed by atoms with Crippen molar-refractivity contribution < 1.29 is 18.7 Å². The van der Waals surface area contributed by atoms with Gasteiger partial charge in [0.25, 0.3) is 6.43 Å². The SMILES string of the molecule is O=C(C=C(O)/C=C\c1cccs1)C(F)F. The number of aliphatic hydroxyl groups excluding tert-OH is 1. The van der Waals surface area contributed by atoms with Crippen LogP contribution in [0.5, 0.6) is 0 Å². The number of hydrogen-bond acceptors (Lipinski definition) is 3. The highest BCUT2D eigenvalue weighted by molar-refractivity contribution is 7.10. The van der Waals surface area contributed by atoms with Crippen molar-refractivity contribution in [3.05, 3.63) is 40.3 Å². The first-order valence-corrected chi connectivity index (χ1v) is 4.92. The first kappa shape index (κ1) is 11.6. The van der Waals surface area contributed by atoms with Gasteiger partial charge >= 0.3 is 0 Å². The van der Waals surface area contributed by atoms with E-state index in [2.05, 4.69) is 0 Å². The molecule has 0 radical (unpaired) electrons. The highest BCUT2D eigenvalue weighted by Gasteiger charge is 2.12. The van der Waals surface area contributed by atoms with Gasteiger partial charge in [-0.15, -0.1) is 11.3 Å². The Hall–Kier alpha value is -1.49. The van der Waals surface area contributed by atoms with Crippen LogP contribution in [-0.4, -0.2) is 17.3 Å². The molecule has 0 saturated heterocycles. The molecule has 0 unspecified atom stereocenters. The van der Waals surface area contributed by atoms with E-state index in [0.717, 1.165) is 4.88 Å².